The summed E-state index contributed by atoms with van der Waals surface area (Å²) in [6, 6.07) is 16.1. The van der Waals surface area contributed by atoms with Gasteiger partial charge in [0.15, 0.2) is 0 Å². The summed E-state index contributed by atoms with van der Waals surface area (Å²) >= 11 is 0. The molecule has 2 aliphatic carbocycles. The molecule has 2 saturated heterocycles. The fourth-order valence-electron chi connectivity index (χ4n) is 11.7. The standard InChI is InChI=1S/C60H82N10O10S2/c1-35(61-9)53(71)65-51(59(3,4)5)57(75)69-33-41(31-49(69)55(73)63-47-23-15-19-38-17-11-13-21-45(38)47)67-81(77,78)43-27-25-37-26-28-44(30-40(37)29-43)82(79,80)68-42-32-50(56(74)64-48-24-16-20-39-18-12-14-22-46(39)48)70(34-42)58(76)52(60(6,7)8)66-54(72)36(2)62-10/h11-14,17-18,21-22,25-30,35-36,41-42,47-52,61-62,67-68H,15-16,19-20,23-24,31-34H2,1-10H3,(H,63,73)(H,64,74)(H,65,71)(H,66,72)/t35-,36-,41-,42-,47+,48+,49-,50-,51+,52+/m0/s1. The molecule has 8 rings (SSSR count). The van der Waals surface area contributed by atoms with Gasteiger partial charge in [0.1, 0.15) is 24.2 Å². The molecule has 22 heteroatoms. The van der Waals surface area contributed by atoms with Crippen molar-refractivity contribution < 1.29 is 45.6 Å². The van der Waals surface area contributed by atoms with E-state index in [9.17, 15) is 45.6 Å². The molecule has 0 radical (unpaired) electrons. The van der Waals surface area contributed by atoms with Gasteiger partial charge in [-0.1, -0.05) is 102 Å². The van der Waals surface area contributed by atoms with E-state index in [1.807, 2.05) is 48.5 Å². The van der Waals surface area contributed by atoms with Crippen LogP contribution in [0.1, 0.15) is 128 Å². The molecule has 10 atom stereocenters. The highest BCUT2D eigenvalue weighted by atomic mass is 32.2. The van der Waals surface area contributed by atoms with Crippen molar-refractivity contribution in [2.75, 3.05) is 27.2 Å². The second-order valence-electron chi connectivity index (χ2n) is 24.7. The molecular formula is C60H82N10O10S2. The molecule has 6 amide bonds. The first-order chi connectivity index (χ1) is 38.6. The fraction of sp³-hybridized carbons (Fsp3) is 0.533. The van der Waals surface area contributed by atoms with Gasteiger partial charge in [-0.2, -0.15) is 0 Å². The first kappa shape index (κ1) is 61.8. The van der Waals surface area contributed by atoms with Gasteiger partial charge in [0.2, 0.25) is 55.5 Å². The van der Waals surface area contributed by atoms with Crippen LogP contribution < -0.4 is 41.3 Å². The van der Waals surface area contributed by atoms with Crippen molar-refractivity contribution in [2.24, 2.45) is 10.8 Å². The third-order valence-corrected chi connectivity index (χ3v) is 19.7. The van der Waals surface area contributed by atoms with Gasteiger partial charge in [-0.15, -0.1) is 0 Å². The van der Waals surface area contributed by atoms with E-state index in [1.54, 1.807) is 81.6 Å². The second kappa shape index (κ2) is 24.9. The highest BCUT2D eigenvalue weighted by molar-refractivity contribution is 7.89. The lowest BCUT2D eigenvalue weighted by atomic mass is 9.85. The maximum atomic E-state index is 14.8. The molecule has 4 aromatic rings. The summed E-state index contributed by atoms with van der Waals surface area (Å²) < 4.78 is 63.4. The Hall–Kier alpha value is -6.30. The van der Waals surface area contributed by atoms with Crippen molar-refractivity contribution in [3.63, 3.8) is 0 Å². The number of nitrogens with zero attached hydrogens (tertiary/aromatic N) is 2. The number of hydrogen-bond donors (Lipinski definition) is 8. The quantitative estimate of drug-likeness (QED) is 0.0703. The molecule has 0 bridgehead atoms. The minimum atomic E-state index is -4.41. The third kappa shape index (κ3) is 13.9. The molecule has 82 heavy (non-hydrogen) atoms. The SMILES string of the molecule is CN[C@@H](C)C(=O)N[C@H](C(=O)N1C[C@@H](NS(=O)(=O)c2ccc3ccc(S(=O)(=O)N[C@H]4C[C@@H](C(=O)N[C@@H]5CCCc6ccccc65)N(C(=O)[C@@H](NC(=O)[C@H](C)NC)C(C)(C)C)C4)cc3c2)C[C@H]1C(=O)N[C@@H]1CCCc2ccccc21)C(C)(C)C. The number of nitrogens with one attached hydrogen (secondary N) is 8. The summed E-state index contributed by atoms with van der Waals surface area (Å²) in [5, 5.41) is 18.6. The summed E-state index contributed by atoms with van der Waals surface area (Å²) in [7, 11) is -5.56. The van der Waals surface area contributed by atoms with Crippen molar-refractivity contribution in [1.82, 2.24) is 51.1 Å². The van der Waals surface area contributed by atoms with Gasteiger partial charge >= 0.3 is 0 Å². The van der Waals surface area contributed by atoms with Crippen molar-refractivity contribution in [2.45, 2.75) is 177 Å². The van der Waals surface area contributed by atoms with Crippen molar-refractivity contribution in [3.8, 4) is 0 Å². The summed E-state index contributed by atoms with van der Waals surface area (Å²) in [6.07, 6.45) is 4.61. The Labute approximate surface area is 482 Å². The number of likely N-dealkylation sites (tertiary alicyclic amines) is 2. The number of carbonyl (C=O) groups is 6. The molecule has 2 aliphatic heterocycles. The predicted octanol–water partition coefficient (Wildman–Crippen LogP) is 4.00. The van der Waals surface area contributed by atoms with E-state index in [4.69, 9.17) is 0 Å². The monoisotopic (exact) mass is 1170 g/mol. The zero-order valence-corrected chi connectivity index (χ0v) is 50.4. The zero-order chi connectivity index (χ0) is 59.6. The summed E-state index contributed by atoms with van der Waals surface area (Å²) in [4.78, 5) is 87.3. The van der Waals surface area contributed by atoms with Crippen LogP contribution in [0.15, 0.2) is 94.7 Å². The minimum Gasteiger partial charge on any atom is -0.347 e. The van der Waals surface area contributed by atoms with Crippen LogP contribution in [0.25, 0.3) is 10.8 Å². The Kier molecular flexibility index (Phi) is 18.7. The zero-order valence-electron chi connectivity index (χ0n) is 48.7. The number of amides is 6. The summed E-state index contributed by atoms with van der Waals surface area (Å²) in [5.41, 5.74) is 2.58. The number of sulfonamides is 2. The molecule has 0 spiro atoms. The Morgan fingerprint density at radius 2 is 0.915 bits per heavy atom. The van der Waals surface area contributed by atoms with E-state index in [2.05, 4.69) is 41.3 Å². The number of benzene rings is 4. The van der Waals surface area contributed by atoms with Crippen LogP contribution in [0, 0.1) is 10.8 Å². The molecule has 0 unspecified atom stereocenters. The van der Waals surface area contributed by atoms with E-state index >= 15 is 0 Å². The average molecular weight is 1170 g/mol. The van der Waals surface area contributed by atoms with E-state index in [0.717, 1.165) is 47.9 Å². The lowest BCUT2D eigenvalue weighted by Crippen LogP contribution is -2.59. The fourth-order valence-corrected chi connectivity index (χ4v) is 14.3. The van der Waals surface area contributed by atoms with Crippen molar-refractivity contribution in [3.05, 3.63) is 107 Å². The van der Waals surface area contributed by atoms with Crippen molar-refractivity contribution in [1.29, 1.82) is 0 Å². The number of aryl methyl sites for hydroxylation is 2. The van der Waals surface area contributed by atoms with Crippen LogP contribution in [-0.4, -0.2) is 138 Å². The van der Waals surface area contributed by atoms with E-state index in [0.29, 0.717) is 18.2 Å². The smallest absolute Gasteiger partial charge is 0.246 e. The number of likely N-dealkylation sites (N-methyl/N-ethyl adjacent to an activating group) is 2. The van der Waals surface area contributed by atoms with Gasteiger partial charge in [0.05, 0.1) is 34.0 Å². The van der Waals surface area contributed by atoms with E-state index in [1.165, 1.54) is 34.1 Å². The maximum absolute atomic E-state index is 14.8. The molecule has 2 heterocycles. The Morgan fingerprint density at radius 1 is 0.537 bits per heavy atom. The first-order valence-electron chi connectivity index (χ1n) is 28.5. The lowest BCUT2D eigenvalue weighted by molar-refractivity contribution is -0.144. The summed E-state index contributed by atoms with van der Waals surface area (Å²) in [5.74, 6) is -2.83. The van der Waals surface area contributed by atoms with Crippen LogP contribution in [-0.2, 0) is 61.7 Å². The van der Waals surface area contributed by atoms with Gasteiger partial charge < -0.3 is 41.7 Å². The highest BCUT2D eigenvalue weighted by Gasteiger charge is 2.48. The van der Waals surface area contributed by atoms with Gasteiger partial charge in [-0.3, -0.25) is 28.8 Å². The van der Waals surface area contributed by atoms with Crippen LogP contribution in [0.5, 0.6) is 0 Å². The van der Waals surface area contributed by atoms with Crippen molar-refractivity contribution >= 4 is 66.3 Å². The molecule has 444 valence electrons. The molecule has 20 nitrogen and oxygen atoms in total. The number of hydrogen-bond acceptors (Lipinski definition) is 12. The molecule has 0 saturated carbocycles. The largest absolute Gasteiger partial charge is 0.347 e. The molecule has 2 fully saturated rings. The van der Waals surface area contributed by atoms with E-state index < -0.39 is 115 Å². The van der Waals surface area contributed by atoms with Crippen LogP contribution in [0.4, 0.5) is 0 Å². The number of rotatable bonds is 18. The maximum Gasteiger partial charge on any atom is 0.246 e. The molecular weight excluding hydrogens is 1080 g/mol. The first-order valence-corrected chi connectivity index (χ1v) is 31.5. The van der Waals surface area contributed by atoms with Gasteiger partial charge in [-0.25, -0.2) is 26.3 Å². The van der Waals surface area contributed by atoms with E-state index in [-0.39, 0.29) is 53.2 Å². The molecule has 4 aromatic carbocycles. The molecule has 4 aliphatic rings. The van der Waals surface area contributed by atoms with Gasteiger partial charge in [-0.05, 0) is 147 Å². The highest BCUT2D eigenvalue weighted by Crippen LogP contribution is 2.35. The van der Waals surface area contributed by atoms with Gasteiger partial charge in [0, 0.05) is 25.2 Å². The van der Waals surface area contributed by atoms with Crippen LogP contribution in [0.3, 0.4) is 0 Å². The third-order valence-electron chi connectivity index (χ3n) is 16.6. The topological polar surface area (TPSA) is 273 Å². The Balaban J connectivity index is 1.03. The predicted molar refractivity (Wildman–Crippen MR) is 313 cm³/mol. The molecule has 0 aromatic heterocycles. The minimum absolute atomic E-state index is 0.0766. The Morgan fingerprint density at radius 3 is 1.28 bits per heavy atom. The number of fused-ring (bicyclic) bond motifs is 3. The molecule has 8 N–H and O–H groups in total. The average Bonchev–Trinajstić information content (AvgIpc) is 4.05. The van der Waals surface area contributed by atoms with Gasteiger partial charge in [0.25, 0.3) is 0 Å². The van der Waals surface area contributed by atoms with Crippen LogP contribution >= 0.6 is 0 Å². The normalized spacial score (nSPS) is 22.7. The second-order valence-corrected chi connectivity index (χ2v) is 28.2. The number of carbonyl (C=O) groups excluding carboxylic acids is 6. The lowest BCUT2D eigenvalue weighted by Gasteiger charge is -2.36. The van der Waals surface area contributed by atoms with Crippen LogP contribution in [0.2, 0.25) is 0 Å². The Bertz CT molecular complexity index is 3100. The summed E-state index contributed by atoms with van der Waals surface area (Å²) in [6.45, 7) is 13.7.